The summed E-state index contributed by atoms with van der Waals surface area (Å²) in [5.74, 6) is 3.04. The monoisotopic (exact) mass is 289 g/mol. The highest BCUT2D eigenvalue weighted by Crippen LogP contribution is 2.23. The molecule has 0 unspecified atom stereocenters. The number of aromatic nitrogens is 3. The maximum atomic E-state index is 5.95. The number of hydrogen-bond acceptors (Lipinski definition) is 5. The van der Waals surface area contributed by atoms with Gasteiger partial charge in [0.25, 0.3) is 0 Å². The molecular formula is C14H19N5S. The molecule has 20 heavy (non-hydrogen) atoms. The van der Waals surface area contributed by atoms with E-state index in [-0.39, 0.29) is 0 Å². The molecule has 0 atom stereocenters. The summed E-state index contributed by atoms with van der Waals surface area (Å²) >= 11 is 2.04. The molecule has 2 N–H and O–H groups in total. The number of thioether (sulfide) groups is 1. The lowest BCUT2D eigenvalue weighted by Crippen LogP contribution is -2.35. The molecule has 0 aliphatic carbocycles. The Labute approximate surface area is 123 Å². The quantitative estimate of drug-likeness (QED) is 0.926. The van der Waals surface area contributed by atoms with Gasteiger partial charge in [-0.1, -0.05) is 0 Å². The molecule has 0 bridgehead atoms. The summed E-state index contributed by atoms with van der Waals surface area (Å²) in [6.07, 6.45) is 5.45. The van der Waals surface area contributed by atoms with Crippen molar-refractivity contribution in [1.82, 2.24) is 19.4 Å². The van der Waals surface area contributed by atoms with Gasteiger partial charge in [0.15, 0.2) is 0 Å². The summed E-state index contributed by atoms with van der Waals surface area (Å²) in [6, 6.07) is 3.90. The molecule has 1 saturated heterocycles. The number of imidazole rings is 1. The maximum Gasteiger partial charge on any atom is 0.132 e. The van der Waals surface area contributed by atoms with Crippen molar-refractivity contribution < 1.29 is 0 Å². The van der Waals surface area contributed by atoms with Crippen LogP contribution in [0.4, 0.5) is 5.82 Å². The molecule has 5 nitrogen and oxygen atoms in total. The Hall–Kier alpha value is -1.53. The molecule has 0 aromatic carbocycles. The molecule has 3 rings (SSSR count). The molecule has 1 aliphatic heterocycles. The number of nitrogens with two attached hydrogens (primary N) is 1. The third kappa shape index (κ3) is 2.96. The number of nitrogen functional groups attached to an aromatic ring is 1. The summed E-state index contributed by atoms with van der Waals surface area (Å²) in [5.41, 5.74) is 7.96. The predicted octanol–water partition coefficient (Wildman–Crippen LogP) is 1.58. The lowest BCUT2D eigenvalue weighted by atomic mass is 10.2. The van der Waals surface area contributed by atoms with E-state index in [0.717, 1.165) is 24.3 Å². The van der Waals surface area contributed by atoms with Crippen molar-refractivity contribution in [3.8, 4) is 11.3 Å². The van der Waals surface area contributed by atoms with Gasteiger partial charge in [0, 0.05) is 49.4 Å². The first-order valence-electron chi connectivity index (χ1n) is 6.85. The van der Waals surface area contributed by atoms with Crippen LogP contribution in [0.25, 0.3) is 11.3 Å². The van der Waals surface area contributed by atoms with Gasteiger partial charge in [-0.3, -0.25) is 4.90 Å². The minimum absolute atomic E-state index is 0.559. The van der Waals surface area contributed by atoms with Crippen LogP contribution < -0.4 is 5.73 Å². The van der Waals surface area contributed by atoms with Crippen LogP contribution in [0.15, 0.2) is 30.9 Å². The highest BCUT2D eigenvalue weighted by atomic mass is 32.2. The first kappa shape index (κ1) is 13.5. The van der Waals surface area contributed by atoms with E-state index >= 15 is 0 Å². The molecule has 0 amide bonds. The average Bonchev–Trinajstić information content (AvgIpc) is 2.95. The van der Waals surface area contributed by atoms with E-state index in [1.54, 1.807) is 6.20 Å². The van der Waals surface area contributed by atoms with Gasteiger partial charge in [-0.05, 0) is 12.1 Å². The number of anilines is 1. The first-order chi connectivity index (χ1) is 9.84. The molecule has 3 heterocycles. The van der Waals surface area contributed by atoms with Gasteiger partial charge in [-0.25, -0.2) is 9.97 Å². The van der Waals surface area contributed by atoms with Crippen LogP contribution in [-0.4, -0.2) is 50.6 Å². The minimum atomic E-state index is 0.559. The van der Waals surface area contributed by atoms with Crippen molar-refractivity contribution >= 4 is 17.6 Å². The molecule has 6 heteroatoms. The second-order valence-corrected chi connectivity index (χ2v) is 6.09. The van der Waals surface area contributed by atoms with Crippen LogP contribution in [0, 0.1) is 0 Å². The van der Waals surface area contributed by atoms with E-state index < -0.39 is 0 Å². The SMILES string of the molecule is Nc1ncccc1-c1cncn1CCN1CCSCC1. The number of pyridine rings is 1. The summed E-state index contributed by atoms with van der Waals surface area (Å²) in [7, 11) is 0. The second kappa shape index (κ2) is 6.28. The standard InChI is InChI=1S/C14H19N5S/c15-14-12(2-1-3-17-14)13-10-16-11-19(13)5-4-18-6-8-20-9-7-18/h1-3,10-11H,4-9H2,(H2,15,17). The van der Waals surface area contributed by atoms with Gasteiger partial charge in [-0.2, -0.15) is 11.8 Å². The smallest absolute Gasteiger partial charge is 0.132 e. The van der Waals surface area contributed by atoms with Crippen LogP contribution in [0.2, 0.25) is 0 Å². The average molecular weight is 289 g/mol. The number of nitrogens with zero attached hydrogens (tertiary/aromatic N) is 4. The molecule has 1 aliphatic rings. The fourth-order valence-corrected chi connectivity index (χ4v) is 3.41. The molecular weight excluding hydrogens is 270 g/mol. The zero-order chi connectivity index (χ0) is 13.8. The van der Waals surface area contributed by atoms with E-state index in [9.17, 15) is 0 Å². The van der Waals surface area contributed by atoms with Crippen molar-refractivity contribution in [3.05, 3.63) is 30.9 Å². The Morgan fingerprint density at radius 2 is 2.10 bits per heavy atom. The van der Waals surface area contributed by atoms with Crippen LogP contribution in [0.1, 0.15) is 0 Å². The fourth-order valence-electron chi connectivity index (χ4n) is 2.43. The van der Waals surface area contributed by atoms with Gasteiger partial charge in [0.05, 0.1) is 18.2 Å². The third-order valence-corrected chi connectivity index (χ3v) is 4.53. The second-order valence-electron chi connectivity index (χ2n) is 4.86. The van der Waals surface area contributed by atoms with Gasteiger partial charge >= 0.3 is 0 Å². The Balaban J connectivity index is 1.72. The maximum absolute atomic E-state index is 5.95. The predicted molar refractivity (Wildman–Crippen MR) is 83.6 cm³/mol. The van der Waals surface area contributed by atoms with E-state index in [4.69, 9.17) is 5.73 Å². The zero-order valence-corrected chi connectivity index (χ0v) is 12.2. The van der Waals surface area contributed by atoms with Crippen molar-refractivity contribution in [2.75, 3.05) is 36.9 Å². The summed E-state index contributed by atoms with van der Waals surface area (Å²) in [5, 5.41) is 0. The van der Waals surface area contributed by atoms with Crippen LogP contribution in [0.3, 0.4) is 0 Å². The fraction of sp³-hybridized carbons (Fsp3) is 0.429. The summed E-state index contributed by atoms with van der Waals surface area (Å²) in [4.78, 5) is 10.9. The molecule has 2 aromatic heterocycles. The van der Waals surface area contributed by atoms with E-state index in [2.05, 4.69) is 19.4 Å². The first-order valence-corrected chi connectivity index (χ1v) is 8.01. The van der Waals surface area contributed by atoms with Gasteiger partial charge < -0.3 is 10.3 Å². The van der Waals surface area contributed by atoms with Crippen molar-refractivity contribution in [3.63, 3.8) is 0 Å². The largest absolute Gasteiger partial charge is 0.383 e. The van der Waals surface area contributed by atoms with E-state index in [1.165, 1.54) is 24.6 Å². The zero-order valence-electron chi connectivity index (χ0n) is 11.4. The minimum Gasteiger partial charge on any atom is -0.383 e. The lowest BCUT2D eigenvalue weighted by molar-refractivity contribution is 0.290. The van der Waals surface area contributed by atoms with E-state index in [0.29, 0.717) is 5.82 Å². The number of hydrogen-bond donors (Lipinski definition) is 1. The highest BCUT2D eigenvalue weighted by Gasteiger charge is 2.12. The van der Waals surface area contributed by atoms with Crippen LogP contribution in [0.5, 0.6) is 0 Å². The van der Waals surface area contributed by atoms with Crippen molar-refractivity contribution in [2.45, 2.75) is 6.54 Å². The van der Waals surface area contributed by atoms with Gasteiger partial charge in [0.1, 0.15) is 5.82 Å². The van der Waals surface area contributed by atoms with Crippen molar-refractivity contribution in [2.24, 2.45) is 0 Å². The Morgan fingerprint density at radius 3 is 2.90 bits per heavy atom. The molecule has 106 valence electrons. The third-order valence-electron chi connectivity index (χ3n) is 3.59. The summed E-state index contributed by atoms with van der Waals surface area (Å²) in [6.45, 7) is 4.37. The summed E-state index contributed by atoms with van der Waals surface area (Å²) < 4.78 is 2.16. The topological polar surface area (TPSA) is 60.0 Å². The lowest BCUT2D eigenvalue weighted by Gasteiger charge is -2.26. The number of rotatable bonds is 4. The Bertz CT molecular complexity index is 562. The molecule has 2 aromatic rings. The Kier molecular flexibility index (Phi) is 4.22. The molecule has 0 radical (unpaired) electrons. The van der Waals surface area contributed by atoms with Crippen LogP contribution in [-0.2, 0) is 6.54 Å². The highest BCUT2D eigenvalue weighted by molar-refractivity contribution is 7.99. The van der Waals surface area contributed by atoms with Crippen molar-refractivity contribution in [1.29, 1.82) is 0 Å². The molecule has 1 fully saturated rings. The van der Waals surface area contributed by atoms with Gasteiger partial charge in [0.2, 0.25) is 0 Å². The molecule has 0 spiro atoms. The van der Waals surface area contributed by atoms with Gasteiger partial charge in [-0.15, -0.1) is 0 Å². The van der Waals surface area contributed by atoms with Crippen LogP contribution >= 0.6 is 11.8 Å². The molecule has 0 saturated carbocycles. The van der Waals surface area contributed by atoms with E-state index in [1.807, 2.05) is 36.4 Å². The normalized spacial score (nSPS) is 16.4. The Morgan fingerprint density at radius 1 is 1.25 bits per heavy atom.